The van der Waals surface area contributed by atoms with Gasteiger partial charge >= 0.3 is 6.03 Å². The van der Waals surface area contributed by atoms with Gasteiger partial charge in [-0.25, -0.2) is 4.79 Å². The van der Waals surface area contributed by atoms with Crippen molar-refractivity contribution in [1.29, 1.82) is 0 Å². The Morgan fingerprint density at radius 3 is 2.37 bits per heavy atom. The van der Waals surface area contributed by atoms with Crippen LogP contribution in [0, 0.1) is 5.41 Å². The lowest BCUT2D eigenvalue weighted by Gasteiger charge is -2.42. The van der Waals surface area contributed by atoms with E-state index < -0.39 is 0 Å². The molecule has 0 atom stereocenters. The van der Waals surface area contributed by atoms with Crippen molar-refractivity contribution in [3.8, 4) is 0 Å². The molecule has 0 unspecified atom stereocenters. The van der Waals surface area contributed by atoms with Gasteiger partial charge in [-0.2, -0.15) is 0 Å². The Kier molecular flexibility index (Phi) is 3.00. The van der Waals surface area contributed by atoms with E-state index in [0.29, 0.717) is 5.41 Å². The van der Waals surface area contributed by atoms with Gasteiger partial charge in [0, 0.05) is 6.54 Å². The molecule has 1 spiro atoms. The summed E-state index contributed by atoms with van der Waals surface area (Å²) in [5, 5.41) is 6.03. The first-order valence-electron chi connectivity index (χ1n) is 7.19. The molecule has 1 heterocycles. The van der Waals surface area contributed by atoms with E-state index in [-0.39, 0.29) is 11.6 Å². The van der Waals surface area contributed by atoms with E-state index in [4.69, 9.17) is 0 Å². The molecule has 1 saturated carbocycles. The molecule has 1 saturated heterocycles. The smallest absolute Gasteiger partial charge is 0.315 e. The molecule has 1 aromatic rings. The highest BCUT2D eigenvalue weighted by atomic mass is 16.2. The van der Waals surface area contributed by atoms with Crippen LogP contribution in [-0.4, -0.2) is 18.1 Å². The zero-order valence-corrected chi connectivity index (χ0v) is 11.5. The summed E-state index contributed by atoms with van der Waals surface area (Å²) in [6, 6.07) is 10.7. The van der Waals surface area contributed by atoms with Gasteiger partial charge in [0.25, 0.3) is 0 Å². The van der Waals surface area contributed by atoms with Crippen molar-refractivity contribution < 1.29 is 4.79 Å². The van der Waals surface area contributed by atoms with Crippen LogP contribution in [0.25, 0.3) is 0 Å². The molecule has 0 aromatic heterocycles. The van der Waals surface area contributed by atoms with Gasteiger partial charge in [-0.3, -0.25) is 0 Å². The molecule has 2 amide bonds. The average molecular weight is 258 g/mol. The van der Waals surface area contributed by atoms with Crippen LogP contribution in [0.2, 0.25) is 0 Å². The second-order valence-corrected chi connectivity index (χ2v) is 6.56. The van der Waals surface area contributed by atoms with Crippen LogP contribution in [0.5, 0.6) is 0 Å². The second-order valence-electron chi connectivity index (χ2n) is 6.56. The van der Waals surface area contributed by atoms with Gasteiger partial charge in [0.1, 0.15) is 0 Å². The van der Waals surface area contributed by atoms with Crippen LogP contribution in [0.3, 0.4) is 0 Å². The number of hydrogen-bond donors (Lipinski definition) is 2. The monoisotopic (exact) mass is 258 g/mol. The molecule has 0 bridgehead atoms. The van der Waals surface area contributed by atoms with Crippen molar-refractivity contribution >= 4 is 6.03 Å². The van der Waals surface area contributed by atoms with Crippen molar-refractivity contribution in [2.75, 3.05) is 6.54 Å². The fourth-order valence-corrected chi connectivity index (χ4v) is 3.48. The summed E-state index contributed by atoms with van der Waals surface area (Å²) in [5.74, 6) is 0. The molecule has 1 aliphatic carbocycles. The normalized spacial score (nSPS) is 34.1. The number of benzene rings is 1. The maximum absolute atomic E-state index is 11.3. The van der Waals surface area contributed by atoms with Gasteiger partial charge in [0.15, 0.2) is 0 Å². The van der Waals surface area contributed by atoms with Gasteiger partial charge in [0.05, 0.1) is 5.54 Å². The van der Waals surface area contributed by atoms with Crippen LogP contribution >= 0.6 is 0 Å². The first-order chi connectivity index (χ1) is 9.09. The van der Waals surface area contributed by atoms with Gasteiger partial charge in [0.2, 0.25) is 0 Å². The minimum atomic E-state index is 0.00617. The van der Waals surface area contributed by atoms with E-state index >= 15 is 0 Å². The molecule has 2 aliphatic rings. The van der Waals surface area contributed by atoms with E-state index in [1.54, 1.807) is 0 Å². The van der Waals surface area contributed by atoms with Crippen LogP contribution in [-0.2, 0) is 6.42 Å². The predicted molar refractivity (Wildman–Crippen MR) is 76.0 cm³/mol. The molecular formula is C16H22N2O. The molecule has 0 radical (unpaired) electrons. The first-order valence-corrected chi connectivity index (χ1v) is 7.19. The van der Waals surface area contributed by atoms with Crippen LogP contribution in [0.15, 0.2) is 30.3 Å². The highest BCUT2D eigenvalue weighted by Gasteiger charge is 2.44. The lowest BCUT2D eigenvalue weighted by molar-refractivity contribution is 0.141. The highest BCUT2D eigenvalue weighted by Crippen LogP contribution is 2.43. The van der Waals surface area contributed by atoms with E-state index in [9.17, 15) is 4.79 Å². The SMILES string of the molecule is C[C@]1(Cc2ccccc2)CC[C@]2(CC1)CNC(=O)N2. The number of hydrogen-bond acceptors (Lipinski definition) is 1. The minimum Gasteiger partial charge on any atom is -0.336 e. The molecule has 2 fully saturated rings. The Labute approximate surface area is 114 Å². The quantitative estimate of drug-likeness (QED) is 0.841. The summed E-state index contributed by atoms with van der Waals surface area (Å²) < 4.78 is 0. The lowest BCUT2D eigenvalue weighted by Crippen LogP contribution is -2.48. The van der Waals surface area contributed by atoms with Gasteiger partial charge in [-0.05, 0) is 43.1 Å². The Morgan fingerprint density at radius 2 is 1.79 bits per heavy atom. The summed E-state index contributed by atoms with van der Waals surface area (Å²) in [6.45, 7) is 3.18. The second kappa shape index (κ2) is 4.55. The zero-order valence-electron chi connectivity index (χ0n) is 11.5. The molecule has 102 valence electrons. The maximum Gasteiger partial charge on any atom is 0.315 e. The average Bonchev–Trinajstić information content (AvgIpc) is 2.77. The van der Waals surface area contributed by atoms with Crippen LogP contribution < -0.4 is 10.6 Å². The third-order valence-corrected chi connectivity index (χ3v) is 4.85. The lowest BCUT2D eigenvalue weighted by atomic mass is 9.66. The topological polar surface area (TPSA) is 41.1 Å². The van der Waals surface area contributed by atoms with Gasteiger partial charge in [-0.15, -0.1) is 0 Å². The largest absolute Gasteiger partial charge is 0.336 e. The van der Waals surface area contributed by atoms with Crippen molar-refractivity contribution in [3.63, 3.8) is 0 Å². The summed E-state index contributed by atoms with van der Waals surface area (Å²) in [7, 11) is 0. The molecule has 1 aromatic carbocycles. The Bertz CT molecular complexity index is 461. The van der Waals surface area contributed by atoms with Crippen molar-refractivity contribution in [3.05, 3.63) is 35.9 Å². The van der Waals surface area contributed by atoms with Gasteiger partial charge in [-0.1, -0.05) is 37.3 Å². The number of carbonyl (C=O) groups excluding carboxylic acids is 1. The maximum atomic E-state index is 11.3. The molecular weight excluding hydrogens is 236 g/mol. The van der Waals surface area contributed by atoms with Gasteiger partial charge < -0.3 is 10.6 Å². The fourth-order valence-electron chi connectivity index (χ4n) is 3.48. The van der Waals surface area contributed by atoms with E-state index in [0.717, 1.165) is 25.8 Å². The molecule has 3 rings (SSSR count). The molecule has 19 heavy (non-hydrogen) atoms. The number of urea groups is 1. The standard InChI is InChI=1S/C16H22N2O/c1-15(11-13-5-3-2-4-6-13)7-9-16(10-8-15)12-17-14(19)18-16/h2-6H,7-12H2,1H3,(H2,17,18,19)/t15-,16-. The van der Waals surface area contributed by atoms with Crippen molar-refractivity contribution in [2.45, 2.75) is 44.6 Å². The molecule has 2 N–H and O–H groups in total. The molecule has 1 aliphatic heterocycles. The number of rotatable bonds is 2. The van der Waals surface area contributed by atoms with Crippen molar-refractivity contribution in [2.24, 2.45) is 5.41 Å². The Hall–Kier alpha value is -1.51. The van der Waals surface area contributed by atoms with E-state index in [1.165, 1.54) is 18.4 Å². The zero-order chi connectivity index (χ0) is 13.3. The van der Waals surface area contributed by atoms with E-state index in [2.05, 4.69) is 47.9 Å². The summed E-state index contributed by atoms with van der Waals surface area (Å²) in [6.07, 6.45) is 5.70. The summed E-state index contributed by atoms with van der Waals surface area (Å²) in [5.41, 5.74) is 1.84. The Morgan fingerprint density at radius 1 is 1.11 bits per heavy atom. The van der Waals surface area contributed by atoms with Crippen LogP contribution in [0.1, 0.15) is 38.2 Å². The number of carbonyl (C=O) groups is 1. The predicted octanol–water partition coefficient (Wildman–Crippen LogP) is 2.86. The number of nitrogens with one attached hydrogen (secondary N) is 2. The Balaban J connectivity index is 1.64. The summed E-state index contributed by atoms with van der Waals surface area (Å²) in [4.78, 5) is 11.3. The molecule has 3 heteroatoms. The van der Waals surface area contributed by atoms with Crippen molar-refractivity contribution in [1.82, 2.24) is 10.6 Å². The third-order valence-electron chi connectivity index (χ3n) is 4.85. The summed E-state index contributed by atoms with van der Waals surface area (Å²) >= 11 is 0. The minimum absolute atomic E-state index is 0.00617. The van der Waals surface area contributed by atoms with Crippen LogP contribution in [0.4, 0.5) is 4.79 Å². The fraction of sp³-hybridized carbons (Fsp3) is 0.562. The third kappa shape index (κ3) is 2.60. The molecule has 3 nitrogen and oxygen atoms in total. The highest BCUT2D eigenvalue weighted by molar-refractivity contribution is 5.77. The number of amides is 2. The van der Waals surface area contributed by atoms with E-state index in [1.807, 2.05) is 0 Å². The first kappa shape index (κ1) is 12.5.